The summed E-state index contributed by atoms with van der Waals surface area (Å²) in [7, 11) is 1.87. The first-order valence-electron chi connectivity index (χ1n) is 5.68. The molecule has 3 aromatic rings. The fourth-order valence-electron chi connectivity index (χ4n) is 2.15. The van der Waals surface area contributed by atoms with E-state index in [1.165, 1.54) is 0 Å². The van der Waals surface area contributed by atoms with Gasteiger partial charge in [-0.25, -0.2) is 4.98 Å². The summed E-state index contributed by atoms with van der Waals surface area (Å²) in [6.45, 7) is 0. The molecule has 0 saturated heterocycles. The number of rotatable bonds is 1. The van der Waals surface area contributed by atoms with Gasteiger partial charge in [0, 0.05) is 12.6 Å². The summed E-state index contributed by atoms with van der Waals surface area (Å²) in [5.74, 6) is 0.821. The van der Waals surface area contributed by atoms with E-state index in [1.54, 1.807) is 18.2 Å². The predicted octanol–water partition coefficient (Wildman–Crippen LogP) is 4.25. The van der Waals surface area contributed by atoms with Crippen LogP contribution in [-0.2, 0) is 7.05 Å². The van der Waals surface area contributed by atoms with Crippen LogP contribution in [0.25, 0.3) is 22.4 Å². The number of halogens is 2. The molecule has 2 aromatic carbocycles. The number of imidazole rings is 1. The molecule has 96 valence electrons. The Morgan fingerprint density at radius 1 is 1.11 bits per heavy atom. The van der Waals surface area contributed by atoms with Crippen molar-refractivity contribution < 1.29 is 5.11 Å². The minimum absolute atomic E-state index is 0.151. The lowest BCUT2D eigenvalue weighted by molar-refractivity contribution is 0.475. The molecule has 0 fully saturated rings. The lowest BCUT2D eigenvalue weighted by Gasteiger charge is -2.05. The Balaban J connectivity index is 2.34. The Labute approximate surface area is 120 Å². The summed E-state index contributed by atoms with van der Waals surface area (Å²) in [6.07, 6.45) is 0. The molecule has 3 nitrogen and oxygen atoms in total. The van der Waals surface area contributed by atoms with Gasteiger partial charge in [0.05, 0.1) is 21.1 Å². The Bertz CT molecular complexity index is 780. The van der Waals surface area contributed by atoms with Crippen LogP contribution in [0.5, 0.6) is 5.75 Å². The zero-order valence-electron chi connectivity index (χ0n) is 10.1. The van der Waals surface area contributed by atoms with E-state index in [9.17, 15) is 5.11 Å². The molecular formula is C14H10Cl2N2O. The van der Waals surface area contributed by atoms with Crippen LogP contribution in [0, 0.1) is 0 Å². The number of benzene rings is 2. The normalized spacial score (nSPS) is 11.1. The van der Waals surface area contributed by atoms with Crippen LogP contribution >= 0.6 is 23.2 Å². The molecule has 0 unspecified atom stereocenters. The van der Waals surface area contributed by atoms with Crippen LogP contribution in [0.15, 0.2) is 36.4 Å². The van der Waals surface area contributed by atoms with E-state index in [2.05, 4.69) is 4.98 Å². The molecule has 3 rings (SSSR count). The average Bonchev–Trinajstić information content (AvgIpc) is 2.71. The van der Waals surface area contributed by atoms with Gasteiger partial charge in [-0.2, -0.15) is 0 Å². The number of aryl methyl sites for hydroxylation is 1. The van der Waals surface area contributed by atoms with Gasteiger partial charge in [-0.05, 0) is 30.3 Å². The van der Waals surface area contributed by atoms with E-state index < -0.39 is 0 Å². The topological polar surface area (TPSA) is 38.0 Å². The van der Waals surface area contributed by atoms with Crippen molar-refractivity contribution in [2.75, 3.05) is 0 Å². The first-order valence-corrected chi connectivity index (χ1v) is 6.43. The van der Waals surface area contributed by atoms with Crippen LogP contribution in [0.2, 0.25) is 10.0 Å². The highest BCUT2D eigenvalue weighted by Crippen LogP contribution is 2.33. The van der Waals surface area contributed by atoms with Crippen molar-refractivity contribution in [1.29, 1.82) is 0 Å². The van der Waals surface area contributed by atoms with Crippen LogP contribution in [-0.4, -0.2) is 14.7 Å². The molecule has 1 heterocycles. The summed E-state index contributed by atoms with van der Waals surface area (Å²) >= 11 is 12.4. The molecule has 1 aromatic heterocycles. The third-order valence-electron chi connectivity index (χ3n) is 3.04. The molecule has 0 bridgehead atoms. The highest BCUT2D eigenvalue weighted by atomic mass is 35.5. The van der Waals surface area contributed by atoms with Crippen molar-refractivity contribution in [1.82, 2.24) is 9.55 Å². The van der Waals surface area contributed by atoms with E-state index >= 15 is 0 Å². The SMILES string of the molecule is Cn1c(-c2cc(O)ccc2Cl)nc2cccc(Cl)c21. The number of nitrogens with zero attached hydrogens (tertiary/aromatic N) is 2. The number of aromatic nitrogens is 2. The molecule has 0 amide bonds. The molecule has 0 atom stereocenters. The number of hydrogen-bond acceptors (Lipinski definition) is 2. The first kappa shape index (κ1) is 12.3. The summed E-state index contributed by atoms with van der Waals surface area (Å²) in [4.78, 5) is 4.53. The molecule has 0 aliphatic rings. The van der Waals surface area contributed by atoms with Crippen LogP contribution in [0.4, 0.5) is 0 Å². The highest BCUT2D eigenvalue weighted by Gasteiger charge is 2.14. The van der Waals surface area contributed by atoms with Gasteiger partial charge in [0.2, 0.25) is 0 Å². The number of phenols is 1. The fraction of sp³-hybridized carbons (Fsp3) is 0.0714. The van der Waals surface area contributed by atoms with Crippen molar-refractivity contribution in [3.63, 3.8) is 0 Å². The van der Waals surface area contributed by atoms with Crippen LogP contribution < -0.4 is 0 Å². The molecule has 1 N–H and O–H groups in total. The predicted molar refractivity (Wildman–Crippen MR) is 77.8 cm³/mol. The first-order chi connectivity index (χ1) is 9.08. The zero-order chi connectivity index (χ0) is 13.6. The maximum Gasteiger partial charge on any atom is 0.142 e. The monoisotopic (exact) mass is 292 g/mol. The molecule has 0 radical (unpaired) electrons. The Morgan fingerprint density at radius 2 is 1.89 bits per heavy atom. The fourth-order valence-corrected chi connectivity index (χ4v) is 2.65. The maximum absolute atomic E-state index is 9.60. The van der Waals surface area contributed by atoms with Gasteiger partial charge in [-0.15, -0.1) is 0 Å². The standard InChI is InChI=1S/C14H10Cl2N2O/c1-18-13-11(16)3-2-4-12(13)17-14(18)9-7-8(19)5-6-10(9)15/h2-7,19H,1H3. The van der Waals surface area contributed by atoms with E-state index in [0.717, 1.165) is 11.0 Å². The van der Waals surface area contributed by atoms with E-state index in [1.807, 2.05) is 29.8 Å². The summed E-state index contributed by atoms with van der Waals surface area (Å²) in [5.41, 5.74) is 2.32. The number of fused-ring (bicyclic) bond motifs is 1. The lowest BCUT2D eigenvalue weighted by atomic mass is 10.2. The third-order valence-corrected chi connectivity index (χ3v) is 3.67. The Kier molecular flexibility index (Phi) is 2.88. The molecule has 0 spiro atoms. The van der Waals surface area contributed by atoms with Crippen molar-refractivity contribution in [2.45, 2.75) is 0 Å². The summed E-state index contributed by atoms with van der Waals surface area (Å²) < 4.78 is 1.87. The van der Waals surface area contributed by atoms with Gasteiger partial charge < -0.3 is 9.67 Å². The number of hydrogen-bond donors (Lipinski definition) is 1. The quantitative estimate of drug-likeness (QED) is 0.728. The van der Waals surface area contributed by atoms with Crippen LogP contribution in [0.3, 0.4) is 0 Å². The molecule has 0 saturated carbocycles. The second kappa shape index (κ2) is 4.44. The highest BCUT2D eigenvalue weighted by molar-refractivity contribution is 6.35. The van der Waals surface area contributed by atoms with Gasteiger partial charge in [0.25, 0.3) is 0 Å². The van der Waals surface area contributed by atoms with Gasteiger partial charge >= 0.3 is 0 Å². The molecule has 0 aliphatic heterocycles. The zero-order valence-corrected chi connectivity index (χ0v) is 11.6. The molecule has 5 heteroatoms. The molecule has 0 aliphatic carbocycles. The van der Waals surface area contributed by atoms with E-state index in [4.69, 9.17) is 23.2 Å². The van der Waals surface area contributed by atoms with Gasteiger partial charge in [0.15, 0.2) is 0 Å². The van der Waals surface area contributed by atoms with Crippen LogP contribution in [0.1, 0.15) is 0 Å². The van der Waals surface area contributed by atoms with Gasteiger partial charge in [-0.3, -0.25) is 0 Å². The van der Waals surface area contributed by atoms with Crippen molar-refractivity contribution in [3.8, 4) is 17.1 Å². The number of aromatic hydroxyl groups is 1. The largest absolute Gasteiger partial charge is 0.508 e. The lowest BCUT2D eigenvalue weighted by Crippen LogP contribution is -1.93. The van der Waals surface area contributed by atoms with E-state index in [-0.39, 0.29) is 5.75 Å². The molecular weight excluding hydrogens is 283 g/mol. The Hall–Kier alpha value is -1.71. The summed E-state index contributed by atoms with van der Waals surface area (Å²) in [5, 5.41) is 10.8. The minimum Gasteiger partial charge on any atom is -0.508 e. The smallest absolute Gasteiger partial charge is 0.142 e. The maximum atomic E-state index is 9.60. The van der Waals surface area contributed by atoms with Crippen molar-refractivity contribution in [3.05, 3.63) is 46.4 Å². The van der Waals surface area contributed by atoms with Crippen molar-refractivity contribution in [2.24, 2.45) is 7.05 Å². The van der Waals surface area contributed by atoms with Gasteiger partial charge in [-0.1, -0.05) is 29.3 Å². The number of para-hydroxylation sites is 1. The summed E-state index contributed by atoms with van der Waals surface area (Å²) in [6, 6.07) is 10.3. The average molecular weight is 293 g/mol. The third kappa shape index (κ3) is 1.95. The van der Waals surface area contributed by atoms with Gasteiger partial charge in [0.1, 0.15) is 11.6 Å². The van der Waals surface area contributed by atoms with E-state index in [0.29, 0.717) is 21.4 Å². The second-order valence-corrected chi connectivity index (χ2v) is 5.08. The second-order valence-electron chi connectivity index (χ2n) is 4.27. The molecule has 19 heavy (non-hydrogen) atoms. The number of phenolic OH excluding ortho intramolecular Hbond substituents is 1. The van der Waals surface area contributed by atoms with Crippen molar-refractivity contribution >= 4 is 34.2 Å². The minimum atomic E-state index is 0.151. The Morgan fingerprint density at radius 3 is 2.63 bits per heavy atom.